The van der Waals surface area contributed by atoms with E-state index in [0.717, 1.165) is 6.07 Å². The summed E-state index contributed by atoms with van der Waals surface area (Å²) in [7, 11) is -3.68. The lowest BCUT2D eigenvalue weighted by molar-refractivity contribution is 0.102. The van der Waals surface area contributed by atoms with Crippen molar-refractivity contribution in [3.05, 3.63) is 82.9 Å². The molecule has 0 radical (unpaired) electrons. The van der Waals surface area contributed by atoms with Crippen molar-refractivity contribution in [3.8, 4) is 0 Å². The van der Waals surface area contributed by atoms with E-state index in [9.17, 15) is 22.4 Å². The number of hydrogen-bond acceptors (Lipinski definition) is 4. The molecule has 0 fully saturated rings. The molecular weight excluding hydrogens is 385 g/mol. The number of sulfonamides is 1. The van der Waals surface area contributed by atoms with Gasteiger partial charge in [-0.25, -0.2) is 17.5 Å². The van der Waals surface area contributed by atoms with Crippen LogP contribution in [0.3, 0.4) is 0 Å². The summed E-state index contributed by atoms with van der Waals surface area (Å²) in [6, 6.07) is 9.11. The lowest BCUT2D eigenvalue weighted by Crippen LogP contribution is -2.24. The van der Waals surface area contributed by atoms with E-state index < -0.39 is 27.2 Å². The van der Waals surface area contributed by atoms with E-state index >= 15 is 0 Å². The molecule has 0 aliphatic carbocycles. The van der Waals surface area contributed by atoms with Gasteiger partial charge in [0.1, 0.15) is 11.4 Å². The number of H-pyrrole nitrogens is 1. The van der Waals surface area contributed by atoms with Gasteiger partial charge in [-0.3, -0.25) is 9.59 Å². The highest BCUT2D eigenvalue weighted by molar-refractivity contribution is 7.89. The van der Waals surface area contributed by atoms with Crippen LogP contribution in [0.4, 0.5) is 10.1 Å². The molecule has 0 spiro atoms. The smallest absolute Gasteiger partial charge is 0.261 e. The molecule has 3 aromatic rings. The second-order valence-corrected chi connectivity index (χ2v) is 7.61. The number of halogens is 1. The number of nitrogens with one attached hydrogen (secondary N) is 3. The molecule has 28 heavy (non-hydrogen) atoms. The zero-order valence-corrected chi connectivity index (χ0v) is 15.3. The number of carbonyl (C=O) groups is 1. The molecule has 3 rings (SSSR count). The number of benzene rings is 2. The highest BCUT2D eigenvalue weighted by atomic mass is 32.2. The van der Waals surface area contributed by atoms with E-state index in [1.54, 1.807) is 0 Å². The topological polar surface area (TPSA) is 108 Å². The Labute approximate surface area is 160 Å². The van der Waals surface area contributed by atoms with Crippen LogP contribution in [0.5, 0.6) is 0 Å². The first-order valence-corrected chi connectivity index (χ1v) is 9.63. The molecule has 0 unspecified atom stereocenters. The van der Waals surface area contributed by atoms with Gasteiger partial charge in [-0.1, -0.05) is 6.08 Å². The molecular formula is C19H16FN3O4S. The van der Waals surface area contributed by atoms with Gasteiger partial charge in [0.15, 0.2) is 0 Å². The number of amides is 1. The minimum Gasteiger partial charge on any atom is -0.360 e. The number of aromatic amines is 1. The summed E-state index contributed by atoms with van der Waals surface area (Å²) in [5, 5.41) is 2.57. The van der Waals surface area contributed by atoms with Crippen molar-refractivity contribution in [2.75, 3.05) is 11.9 Å². The highest BCUT2D eigenvalue weighted by Gasteiger charge is 2.15. The fourth-order valence-electron chi connectivity index (χ4n) is 2.53. The molecule has 144 valence electrons. The average molecular weight is 401 g/mol. The summed E-state index contributed by atoms with van der Waals surface area (Å²) >= 11 is 0. The van der Waals surface area contributed by atoms with Crippen LogP contribution in [-0.4, -0.2) is 25.9 Å². The van der Waals surface area contributed by atoms with E-state index in [1.807, 2.05) is 0 Å². The van der Waals surface area contributed by atoms with Crippen molar-refractivity contribution in [2.45, 2.75) is 4.90 Å². The van der Waals surface area contributed by atoms with E-state index in [0.29, 0.717) is 11.2 Å². The van der Waals surface area contributed by atoms with Crippen molar-refractivity contribution in [1.82, 2.24) is 9.71 Å². The molecule has 0 bridgehead atoms. The number of hydrogen-bond donors (Lipinski definition) is 3. The van der Waals surface area contributed by atoms with E-state index in [2.05, 4.69) is 21.6 Å². The normalized spacial score (nSPS) is 11.3. The Hall–Kier alpha value is -3.30. The van der Waals surface area contributed by atoms with Crippen LogP contribution in [0.1, 0.15) is 10.4 Å². The number of rotatable bonds is 6. The Morgan fingerprint density at radius 3 is 2.57 bits per heavy atom. The zero-order valence-electron chi connectivity index (χ0n) is 14.5. The van der Waals surface area contributed by atoms with Gasteiger partial charge in [-0.15, -0.1) is 6.58 Å². The Kier molecular flexibility index (Phi) is 5.39. The minimum absolute atomic E-state index is 0.0198. The molecule has 7 nitrogen and oxygen atoms in total. The maximum atomic E-state index is 13.4. The molecule has 1 aromatic heterocycles. The maximum Gasteiger partial charge on any atom is 0.261 e. The Balaban J connectivity index is 1.84. The maximum absolute atomic E-state index is 13.4. The number of anilines is 1. The largest absolute Gasteiger partial charge is 0.360 e. The average Bonchev–Trinajstić information content (AvgIpc) is 2.67. The summed E-state index contributed by atoms with van der Waals surface area (Å²) < 4.78 is 39.8. The zero-order chi connectivity index (χ0) is 20.3. The van der Waals surface area contributed by atoms with Gasteiger partial charge >= 0.3 is 0 Å². The van der Waals surface area contributed by atoms with Crippen molar-refractivity contribution in [1.29, 1.82) is 0 Å². The summed E-state index contributed by atoms with van der Waals surface area (Å²) in [5.74, 6) is -1.29. The molecule has 1 heterocycles. The molecule has 0 saturated heterocycles. The number of pyridine rings is 1. The Morgan fingerprint density at radius 1 is 1.18 bits per heavy atom. The van der Waals surface area contributed by atoms with Gasteiger partial charge < -0.3 is 10.3 Å². The lowest BCUT2D eigenvalue weighted by Gasteiger charge is -2.08. The fraction of sp³-hybridized carbons (Fsp3) is 0.0526. The van der Waals surface area contributed by atoms with Gasteiger partial charge in [-0.2, -0.15) is 0 Å². The second-order valence-electron chi connectivity index (χ2n) is 5.84. The first kappa shape index (κ1) is 19.5. The van der Waals surface area contributed by atoms with Gasteiger partial charge in [0.05, 0.1) is 4.90 Å². The van der Waals surface area contributed by atoms with E-state index in [4.69, 9.17) is 0 Å². The van der Waals surface area contributed by atoms with Crippen molar-refractivity contribution in [2.24, 2.45) is 0 Å². The van der Waals surface area contributed by atoms with Crippen LogP contribution >= 0.6 is 0 Å². The number of aromatic nitrogens is 1. The summed E-state index contributed by atoms with van der Waals surface area (Å²) in [6.07, 6.45) is 2.66. The van der Waals surface area contributed by atoms with Crippen LogP contribution in [0, 0.1) is 5.82 Å². The van der Waals surface area contributed by atoms with E-state index in [-0.39, 0.29) is 22.4 Å². The van der Waals surface area contributed by atoms with Crippen LogP contribution in [0.2, 0.25) is 0 Å². The second kappa shape index (κ2) is 7.75. The van der Waals surface area contributed by atoms with Crippen molar-refractivity contribution in [3.63, 3.8) is 0 Å². The molecule has 0 aliphatic heterocycles. The number of fused-ring (bicyclic) bond motifs is 1. The standard InChI is InChI=1S/C19H16FN3O4S/c1-2-9-22-28(26,27)14-6-4-13(5-7-14)23-19(25)16-11-21-17-8-3-12(20)10-15(17)18(16)24/h2-8,10-11,22H,1,9H2,(H,21,24)(H,23,25). The van der Waals surface area contributed by atoms with Crippen LogP contribution in [0.25, 0.3) is 10.9 Å². The third-order valence-corrected chi connectivity index (χ3v) is 5.37. The third kappa shape index (κ3) is 4.00. The first-order chi connectivity index (χ1) is 13.3. The quantitative estimate of drug-likeness (QED) is 0.551. The van der Waals surface area contributed by atoms with Crippen LogP contribution in [0.15, 0.2) is 71.0 Å². The van der Waals surface area contributed by atoms with Gasteiger partial charge in [-0.05, 0) is 42.5 Å². The van der Waals surface area contributed by atoms with Crippen LogP contribution in [-0.2, 0) is 10.0 Å². The fourth-order valence-corrected chi connectivity index (χ4v) is 3.53. The van der Waals surface area contributed by atoms with E-state index in [1.165, 1.54) is 48.7 Å². The third-order valence-electron chi connectivity index (χ3n) is 3.93. The molecule has 3 N–H and O–H groups in total. The molecule has 1 amide bonds. The van der Waals surface area contributed by atoms with Crippen molar-refractivity contribution < 1.29 is 17.6 Å². The first-order valence-electron chi connectivity index (χ1n) is 8.15. The minimum atomic E-state index is -3.68. The van der Waals surface area contributed by atoms with Crippen molar-refractivity contribution >= 4 is 32.5 Å². The van der Waals surface area contributed by atoms with Gasteiger partial charge in [0.2, 0.25) is 15.5 Å². The predicted molar refractivity (Wildman–Crippen MR) is 104 cm³/mol. The molecule has 9 heteroatoms. The SMILES string of the molecule is C=CCNS(=O)(=O)c1ccc(NC(=O)c2c[nH]c3ccc(F)cc3c2=O)cc1. The molecule has 0 saturated carbocycles. The monoisotopic (exact) mass is 401 g/mol. The Morgan fingerprint density at radius 2 is 1.89 bits per heavy atom. The summed E-state index contributed by atoms with van der Waals surface area (Å²) in [6.45, 7) is 3.53. The molecule has 0 aliphatic rings. The summed E-state index contributed by atoms with van der Waals surface area (Å²) in [4.78, 5) is 27.7. The predicted octanol–water partition coefficient (Wildman–Crippen LogP) is 2.38. The summed E-state index contributed by atoms with van der Waals surface area (Å²) in [5.41, 5.74) is -0.100. The van der Waals surface area contributed by atoms with Gasteiger partial charge in [0, 0.05) is 29.3 Å². The lowest BCUT2D eigenvalue weighted by atomic mass is 10.1. The molecule has 0 atom stereocenters. The number of carbonyl (C=O) groups excluding carboxylic acids is 1. The Bertz CT molecular complexity index is 1220. The van der Waals surface area contributed by atoms with Crippen LogP contribution < -0.4 is 15.5 Å². The van der Waals surface area contributed by atoms with Gasteiger partial charge in [0.25, 0.3) is 5.91 Å². The molecule has 2 aromatic carbocycles. The highest BCUT2D eigenvalue weighted by Crippen LogP contribution is 2.15.